The number of aromatic nitrogens is 2. The number of thiophene rings is 1. The Morgan fingerprint density at radius 1 is 1.06 bits per heavy atom. The zero-order valence-electron chi connectivity index (χ0n) is 20.0. The summed E-state index contributed by atoms with van der Waals surface area (Å²) in [7, 11) is 0. The first-order valence-corrected chi connectivity index (χ1v) is 12.8. The average molecular weight is 474 g/mol. The van der Waals surface area contributed by atoms with Crippen LogP contribution in [-0.4, -0.2) is 26.9 Å². The van der Waals surface area contributed by atoms with Gasteiger partial charge in [-0.25, -0.2) is 4.98 Å². The van der Waals surface area contributed by atoms with Gasteiger partial charge >= 0.3 is 0 Å². The van der Waals surface area contributed by atoms with Crippen LogP contribution >= 0.6 is 11.3 Å². The minimum Gasteiger partial charge on any atom is -0.332 e. The number of carbonyl (C=O) groups excluding carboxylic acids is 1. The van der Waals surface area contributed by atoms with E-state index in [1.807, 2.05) is 84.8 Å². The molecule has 34 heavy (non-hydrogen) atoms. The Morgan fingerprint density at radius 2 is 1.82 bits per heavy atom. The summed E-state index contributed by atoms with van der Waals surface area (Å²) in [6.45, 7) is 6.80. The van der Waals surface area contributed by atoms with Crippen LogP contribution in [0, 0.1) is 6.92 Å². The topological polar surface area (TPSA) is 55.2 Å². The molecule has 2 heterocycles. The van der Waals surface area contributed by atoms with Crippen molar-refractivity contribution in [1.82, 2.24) is 14.5 Å². The quantitative estimate of drug-likeness (QED) is 0.277. The van der Waals surface area contributed by atoms with Gasteiger partial charge in [-0.15, -0.1) is 11.3 Å². The highest BCUT2D eigenvalue weighted by molar-refractivity contribution is 7.10. The van der Waals surface area contributed by atoms with Crippen LogP contribution in [0.3, 0.4) is 0 Å². The molecule has 0 N–H and O–H groups in total. The molecule has 2 aromatic heterocycles. The maximum Gasteiger partial charge on any atom is 0.266 e. The number of nitrogens with zero attached hydrogens (tertiary/aromatic N) is 3. The number of hydrogen-bond acceptors (Lipinski definition) is 4. The summed E-state index contributed by atoms with van der Waals surface area (Å²) in [5.41, 5.74) is 2.41. The van der Waals surface area contributed by atoms with Gasteiger partial charge in [0.05, 0.1) is 29.1 Å². The fourth-order valence-corrected chi connectivity index (χ4v) is 4.94. The number of fused-ring (bicyclic) bond motifs is 1. The second-order valence-electron chi connectivity index (χ2n) is 8.69. The molecule has 176 valence electrons. The molecular weight excluding hydrogens is 442 g/mol. The normalized spacial score (nSPS) is 12.1. The Bertz CT molecular complexity index is 1310. The molecule has 0 radical (unpaired) electrons. The maximum absolute atomic E-state index is 13.7. The summed E-state index contributed by atoms with van der Waals surface area (Å²) >= 11 is 1.59. The van der Waals surface area contributed by atoms with Crippen molar-refractivity contribution in [2.45, 2.75) is 52.5 Å². The minimum atomic E-state index is -0.358. The standard InChI is InChI=1S/C28H31N3O2S/c1-4-5-8-17-30(26(32)19-23-10-9-18-34-23)21(3)27-29-25-12-7-6-11-24(25)28(33)31(27)22-15-13-20(2)14-16-22/h6-7,9-16,18,21H,4-5,8,17,19H2,1-3H3. The van der Waals surface area contributed by atoms with Gasteiger partial charge in [-0.1, -0.05) is 55.7 Å². The third-order valence-corrected chi connectivity index (χ3v) is 7.04. The van der Waals surface area contributed by atoms with Gasteiger partial charge in [0.2, 0.25) is 5.91 Å². The van der Waals surface area contributed by atoms with Gasteiger partial charge in [-0.2, -0.15) is 0 Å². The number of rotatable bonds is 9. The molecule has 0 saturated heterocycles. The zero-order valence-corrected chi connectivity index (χ0v) is 20.8. The van der Waals surface area contributed by atoms with Crippen LogP contribution in [0.2, 0.25) is 0 Å². The number of aryl methyl sites for hydroxylation is 1. The molecule has 6 heteroatoms. The van der Waals surface area contributed by atoms with E-state index in [4.69, 9.17) is 4.98 Å². The molecule has 0 aliphatic heterocycles. The highest BCUT2D eigenvalue weighted by atomic mass is 32.1. The van der Waals surface area contributed by atoms with E-state index in [0.717, 1.165) is 35.4 Å². The molecule has 4 rings (SSSR count). The summed E-state index contributed by atoms with van der Waals surface area (Å²) in [6, 6.07) is 18.9. The SMILES string of the molecule is CCCCCN(C(=O)Cc1cccs1)C(C)c1nc2ccccc2c(=O)n1-c1ccc(C)cc1. The summed E-state index contributed by atoms with van der Waals surface area (Å²) in [5.74, 6) is 0.646. The molecule has 0 saturated carbocycles. The molecule has 0 aliphatic carbocycles. The lowest BCUT2D eigenvalue weighted by Gasteiger charge is -2.30. The molecular formula is C28H31N3O2S. The summed E-state index contributed by atoms with van der Waals surface area (Å²) in [4.78, 5) is 35.0. The Morgan fingerprint density at radius 3 is 2.53 bits per heavy atom. The van der Waals surface area contributed by atoms with Crippen LogP contribution in [0.4, 0.5) is 0 Å². The van der Waals surface area contributed by atoms with E-state index >= 15 is 0 Å². The third-order valence-electron chi connectivity index (χ3n) is 6.16. The lowest BCUT2D eigenvalue weighted by Crippen LogP contribution is -2.38. The Kier molecular flexibility index (Phi) is 7.58. The number of unbranched alkanes of at least 4 members (excludes halogenated alkanes) is 2. The van der Waals surface area contributed by atoms with E-state index in [2.05, 4.69) is 6.92 Å². The van der Waals surface area contributed by atoms with E-state index in [1.54, 1.807) is 15.9 Å². The van der Waals surface area contributed by atoms with Crippen LogP contribution in [0.1, 0.15) is 55.4 Å². The second kappa shape index (κ2) is 10.8. The lowest BCUT2D eigenvalue weighted by molar-refractivity contribution is -0.132. The van der Waals surface area contributed by atoms with Crippen molar-refractivity contribution in [3.05, 3.63) is 92.7 Å². The molecule has 2 aromatic carbocycles. The number of benzene rings is 2. The number of para-hydroxylation sites is 1. The highest BCUT2D eigenvalue weighted by Crippen LogP contribution is 2.25. The summed E-state index contributed by atoms with van der Waals surface area (Å²) in [6.07, 6.45) is 3.39. The maximum atomic E-state index is 13.7. The molecule has 0 spiro atoms. The smallest absolute Gasteiger partial charge is 0.266 e. The van der Waals surface area contributed by atoms with Crippen LogP contribution in [0.15, 0.2) is 70.8 Å². The van der Waals surface area contributed by atoms with Gasteiger partial charge in [0.1, 0.15) is 5.82 Å². The molecule has 0 aliphatic rings. The third kappa shape index (κ3) is 5.12. The number of hydrogen-bond donors (Lipinski definition) is 0. The first-order valence-electron chi connectivity index (χ1n) is 11.9. The monoisotopic (exact) mass is 473 g/mol. The van der Waals surface area contributed by atoms with Crippen LogP contribution in [-0.2, 0) is 11.2 Å². The van der Waals surface area contributed by atoms with Gasteiger partial charge in [-0.3, -0.25) is 14.2 Å². The zero-order chi connectivity index (χ0) is 24.1. The molecule has 0 bridgehead atoms. The highest BCUT2D eigenvalue weighted by Gasteiger charge is 2.27. The van der Waals surface area contributed by atoms with Gasteiger partial charge in [-0.05, 0) is 56.0 Å². The van der Waals surface area contributed by atoms with Gasteiger partial charge in [0, 0.05) is 11.4 Å². The van der Waals surface area contributed by atoms with Crippen molar-refractivity contribution in [3.63, 3.8) is 0 Å². The first kappa shape index (κ1) is 23.9. The first-order chi connectivity index (χ1) is 16.5. The molecule has 1 amide bonds. The van der Waals surface area contributed by atoms with Crippen molar-refractivity contribution < 1.29 is 4.79 Å². The Labute approximate surface area is 204 Å². The average Bonchev–Trinajstić information content (AvgIpc) is 3.35. The molecule has 5 nitrogen and oxygen atoms in total. The number of amides is 1. The molecule has 1 atom stereocenters. The van der Waals surface area contributed by atoms with Crippen molar-refractivity contribution in [1.29, 1.82) is 0 Å². The van der Waals surface area contributed by atoms with E-state index in [1.165, 1.54) is 0 Å². The van der Waals surface area contributed by atoms with Crippen molar-refractivity contribution in [3.8, 4) is 5.69 Å². The fraction of sp³-hybridized carbons (Fsp3) is 0.321. The molecule has 1 unspecified atom stereocenters. The van der Waals surface area contributed by atoms with E-state index in [0.29, 0.717) is 29.7 Å². The lowest BCUT2D eigenvalue weighted by atomic mass is 10.1. The number of carbonyl (C=O) groups is 1. The summed E-state index contributed by atoms with van der Waals surface area (Å²) < 4.78 is 1.68. The van der Waals surface area contributed by atoms with Crippen molar-refractivity contribution >= 4 is 28.1 Å². The Balaban J connectivity index is 1.82. The molecule has 4 aromatic rings. The van der Waals surface area contributed by atoms with E-state index in [9.17, 15) is 9.59 Å². The predicted octanol–water partition coefficient (Wildman–Crippen LogP) is 6.08. The predicted molar refractivity (Wildman–Crippen MR) is 140 cm³/mol. The van der Waals surface area contributed by atoms with Gasteiger partial charge in [0.15, 0.2) is 0 Å². The van der Waals surface area contributed by atoms with Crippen LogP contribution in [0.25, 0.3) is 16.6 Å². The second-order valence-corrected chi connectivity index (χ2v) is 9.72. The van der Waals surface area contributed by atoms with Gasteiger partial charge < -0.3 is 4.90 Å². The molecule has 0 fully saturated rings. The van der Waals surface area contributed by atoms with Crippen LogP contribution < -0.4 is 5.56 Å². The van der Waals surface area contributed by atoms with Crippen molar-refractivity contribution in [2.24, 2.45) is 0 Å². The van der Waals surface area contributed by atoms with Gasteiger partial charge in [0.25, 0.3) is 5.56 Å². The van der Waals surface area contributed by atoms with Crippen molar-refractivity contribution in [2.75, 3.05) is 6.54 Å². The largest absolute Gasteiger partial charge is 0.332 e. The van der Waals surface area contributed by atoms with E-state index < -0.39 is 0 Å². The van der Waals surface area contributed by atoms with Crippen LogP contribution in [0.5, 0.6) is 0 Å². The minimum absolute atomic E-state index is 0.0592. The summed E-state index contributed by atoms with van der Waals surface area (Å²) in [5, 5.41) is 2.56. The fourth-order valence-electron chi connectivity index (χ4n) is 4.24. The Hall–Kier alpha value is -3.25. The van der Waals surface area contributed by atoms with E-state index in [-0.39, 0.29) is 17.5 Å².